The fourth-order valence-electron chi connectivity index (χ4n) is 5.88. The highest BCUT2D eigenvalue weighted by Crippen LogP contribution is 2.58. The van der Waals surface area contributed by atoms with E-state index in [1.54, 1.807) is 48.5 Å². The van der Waals surface area contributed by atoms with Crippen LogP contribution in [0.15, 0.2) is 90.3 Å². The van der Waals surface area contributed by atoms with Crippen molar-refractivity contribution in [2.75, 3.05) is 0 Å². The van der Waals surface area contributed by atoms with Crippen molar-refractivity contribution in [2.24, 2.45) is 5.92 Å². The molecule has 3 aromatic carbocycles. The zero-order chi connectivity index (χ0) is 27.9. The molecule has 0 spiro atoms. The molecule has 0 saturated carbocycles. The minimum Gasteiger partial charge on any atom is -0.479 e. The first kappa shape index (κ1) is 26.5. The number of amides is 1. The van der Waals surface area contributed by atoms with Gasteiger partial charge in [-0.25, -0.2) is 9.18 Å². The number of hydrogen-bond acceptors (Lipinski definition) is 4. The van der Waals surface area contributed by atoms with E-state index >= 15 is 0 Å². The van der Waals surface area contributed by atoms with E-state index in [4.69, 9.17) is 0 Å². The predicted molar refractivity (Wildman–Crippen MR) is 149 cm³/mol. The molecule has 5 rings (SSSR count). The average molecular weight is 542 g/mol. The SMILES string of the molecule is Cc1cccc(C(=O)C2C(c3sccc3C)N(C(=O)c3ccccc3)C(C)(C(=O)O)C2c2ccc(F)cc2)c1. The molecule has 4 atom stereocenters. The van der Waals surface area contributed by atoms with Crippen LogP contribution in [0, 0.1) is 25.6 Å². The van der Waals surface area contributed by atoms with Gasteiger partial charge in [-0.1, -0.05) is 54.1 Å². The quantitative estimate of drug-likeness (QED) is 0.272. The Morgan fingerprint density at radius 2 is 1.56 bits per heavy atom. The molecule has 1 saturated heterocycles. The van der Waals surface area contributed by atoms with Crippen molar-refractivity contribution in [1.29, 1.82) is 0 Å². The van der Waals surface area contributed by atoms with Crippen LogP contribution in [0.25, 0.3) is 0 Å². The molecule has 5 nitrogen and oxygen atoms in total. The molecule has 1 N–H and O–H groups in total. The molecule has 0 radical (unpaired) electrons. The molecule has 0 aliphatic carbocycles. The van der Waals surface area contributed by atoms with Crippen LogP contribution in [0.2, 0.25) is 0 Å². The Hall–Kier alpha value is -4.10. The van der Waals surface area contributed by atoms with Gasteiger partial charge in [-0.05, 0) is 73.7 Å². The Labute approximate surface area is 230 Å². The highest BCUT2D eigenvalue weighted by Gasteiger charge is 2.65. The van der Waals surface area contributed by atoms with Crippen molar-refractivity contribution in [3.05, 3.63) is 129 Å². The number of ketones is 1. The lowest BCUT2D eigenvalue weighted by molar-refractivity contribution is -0.148. The molecule has 0 bridgehead atoms. The lowest BCUT2D eigenvalue weighted by Crippen LogP contribution is -2.54. The molecule has 1 aliphatic rings. The molecule has 2 heterocycles. The summed E-state index contributed by atoms with van der Waals surface area (Å²) in [4.78, 5) is 44.2. The summed E-state index contributed by atoms with van der Waals surface area (Å²) in [6, 6.07) is 22.3. The number of thiophene rings is 1. The van der Waals surface area contributed by atoms with Gasteiger partial charge in [-0.3, -0.25) is 9.59 Å². The number of nitrogens with zero attached hydrogens (tertiary/aromatic N) is 1. The Balaban J connectivity index is 1.83. The third-order valence-corrected chi connectivity index (χ3v) is 8.85. The topological polar surface area (TPSA) is 74.7 Å². The second kappa shape index (κ2) is 10.2. The molecular weight excluding hydrogens is 513 g/mol. The average Bonchev–Trinajstić information content (AvgIpc) is 3.47. The number of carboxylic acid groups (broad SMARTS) is 1. The molecule has 198 valence electrons. The minimum atomic E-state index is -1.82. The van der Waals surface area contributed by atoms with Gasteiger partial charge in [-0.15, -0.1) is 11.3 Å². The molecule has 4 unspecified atom stereocenters. The van der Waals surface area contributed by atoms with Crippen molar-refractivity contribution in [3.8, 4) is 0 Å². The zero-order valence-electron chi connectivity index (χ0n) is 21.8. The summed E-state index contributed by atoms with van der Waals surface area (Å²) in [6.07, 6.45) is 0. The van der Waals surface area contributed by atoms with Gasteiger partial charge < -0.3 is 10.0 Å². The summed E-state index contributed by atoms with van der Waals surface area (Å²) in [6.45, 7) is 5.29. The molecule has 7 heteroatoms. The highest BCUT2D eigenvalue weighted by atomic mass is 32.1. The largest absolute Gasteiger partial charge is 0.479 e. The van der Waals surface area contributed by atoms with E-state index in [1.165, 1.54) is 47.4 Å². The van der Waals surface area contributed by atoms with E-state index in [1.807, 2.05) is 31.4 Å². The van der Waals surface area contributed by atoms with Gasteiger partial charge in [0.05, 0.1) is 12.0 Å². The third kappa shape index (κ3) is 4.46. The van der Waals surface area contributed by atoms with Crippen LogP contribution in [-0.2, 0) is 4.79 Å². The number of hydrogen-bond donors (Lipinski definition) is 1. The van der Waals surface area contributed by atoms with Crippen LogP contribution in [0.4, 0.5) is 4.39 Å². The molecule has 39 heavy (non-hydrogen) atoms. The number of carbonyl (C=O) groups is 3. The van der Waals surface area contributed by atoms with Gasteiger partial charge >= 0.3 is 5.97 Å². The van der Waals surface area contributed by atoms with Gasteiger partial charge in [0.1, 0.15) is 11.4 Å². The van der Waals surface area contributed by atoms with Gasteiger partial charge in [0, 0.05) is 21.9 Å². The number of halogens is 1. The maximum atomic E-state index is 14.5. The van der Waals surface area contributed by atoms with E-state index in [0.29, 0.717) is 16.7 Å². The number of aryl methyl sites for hydroxylation is 2. The molecular formula is C32H28FNO4S. The predicted octanol–water partition coefficient (Wildman–Crippen LogP) is 6.83. The number of aliphatic carboxylic acids is 1. The van der Waals surface area contributed by atoms with Crippen LogP contribution < -0.4 is 0 Å². The maximum absolute atomic E-state index is 14.5. The van der Waals surface area contributed by atoms with Crippen molar-refractivity contribution in [1.82, 2.24) is 4.90 Å². The first-order valence-corrected chi connectivity index (χ1v) is 13.5. The first-order valence-electron chi connectivity index (χ1n) is 12.7. The van der Waals surface area contributed by atoms with Crippen molar-refractivity contribution < 1.29 is 23.9 Å². The number of carboxylic acids is 1. The van der Waals surface area contributed by atoms with Crippen LogP contribution >= 0.6 is 11.3 Å². The lowest BCUT2D eigenvalue weighted by atomic mass is 9.72. The fourth-order valence-corrected chi connectivity index (χ4v) is 6.94. The second-order valence-corrected chi connectivity index (χ2v) is 11.1. The van der Waals surface area contributed by atoms with E-state index in [0.717, 1.165) is 16.0 Å². The number of rotatable bonds is 6. The van der Waals surface area contributed by atoms with Gasteiger partial charge in [0.25, 0.3) is 5.91 Å². The van der Waals surface area contributed by atoms with Gasteiger partial charge in [-0.2, -0.15) is 0 Å². The number of likely N-dealkylation sites (tertiary alicyclic amines) is 1. The van der Waals surface area contributed by atoms with Gasteiger partial charge in [0.2, 0.25) is 0 Å². The summed E-state index contributed by atoms with van der Waals surface area (Å²) in [5.74, 6) is -4.35. The zero-order valence-corrected chi connectivity index (χ0v) is 22.6. The van der Waals surface area contributed by atoms with Crippen LogP contribution in [-0.4, -0.2) is 33.2 Å². The van der Waals surface area contributed by atoms with Gasteiger partial charge in [0.15, 0.2) is 5.78 Å². The van der Waals surface area contributed by atoms with E-state index in [9.17, 15) is 23.9 Å². The van der Waals surface area contributed by atoms with Crippen molar-refractivity contribution >= 4 is 29.0 Å². The lowest BCUT2D eigenvalue weighted by Gasteiger charge is -2.37. The number of benzene rings is 3. The highest BCUT2D eigenvalue weighted by molar-refractivity contribution is 7.10. The normalized spacial score (nSPS) is 22.6. The Kier molecular flexibility index (Phi) is 6.95. The summed E-state index contributed by atoms with van der Waals surface area (Å²) >= 11 is 1.40. The smallest absolute Gasteiger partial charge is 0.330 e. The fraction of sp³-hybridized carbons (Fsp3) is 0.219. The number of Topliss-reactive ketones (excluding diaryl/α,β-unsaturated/α-hetero) is 1. The minimum absolute atomic E-state index is 0.262. The van der Waals surface area contributed by atoms with Crippen LogP contribution in [0.3, 0.4) is 0 Å². The second-order valence-electron chi connectivity index (χ2n) is 10.2. The maximum Gasteiger partial charge on any atom is 0.330 e. The monoisotopic (exact) mass is 541 g/mol. The molecule has 4 aromatic rings. The van der Waals surface area contributed by atoms with E-state index in [-0.39, 0.29) is 5.78 Å². The molecule has 1 aliphatic heterocycles. The Bertz CT molecular complexity index is 1550. The molecule has 1 fully saturated rings. The Morgan fingerprint density at radius 3 is 2.15 bits per heavy atom. The van der Waals surface area contributed by atoms with E-state index in [2.05, 4.69) is 0 Å². The first-order chi connectivity index (χ1) is 18.6. The Morgan fingerprint density at radius 1 is 0.897 bits per heavy atom. The molecule has 1 amide bonds. The van der Waals surface area contributed by atoms with Crippen LogP contribution in [0.5, 0.6) is 0 Å². The summed E-state index contributed by atoms with van der Waals surface area (Å²) < 4.78 is 14.0. The summed E-state index contributed by atoms with van der Waals surface area (Å²) in [7, 11) is 0. The standard InChI is InChI=1S/C32H28FNO4S/c1-19-8-7-11-23(18-19)28(35)25-26(21-12-14-24(33)15-13-21)32(3,31(37)38)34(27(25)29-20(2)16-17-39-29)30(36)22-9-5-4-6-10-22/h4-18,25-27H,1-3H3,(H,37,38). The number of carbonyl (C=O) groups excluding carboxylic acids is 2. The third-order valence-electron chi connectivity index (χ3n) is 7.76. The van der Waals surface area contributed by atoms with Crippen LogP contribution in [0.1, 0.15) is 61.2 Å². The van der Waals surface area contributed by atoms with E-state index < -0.39 is 41.1 Å². The molecule has 1 aromatic heterocycles. The summed E-state index contributed by atoms with van der Waals surface area (Å²) in [5, 5.41) is 12.7. The summed E-state index contributed by atoms with van der Waals surface area (Å²) in [5.41, 5.74) is 1.18. The van der Waals surface area contributed by atoms with Crippen molar-refractivity contribution in [3.63, 3.8) is 0 Å². The van der Waals surface area contributed by atoms with Crippen molar-refractivity contribution in [2.45, 2.75) is 38.3 Å².